The van der Waals surface area contributed by atoms with Gasteiger partial charge in [0, 0.05) is 188 Å². The lowest BCUT2D eigenvalue weighted by atomic mass is 10.1. The molecule has 7 saturated heterocycles. The molecule has 2 N–H and O–H groups in total. The summed E-state index contributed by atoms with van der Waals surface area (Å²) in [5.41, 5.74) is 0. The molecule has 8 amide bonds. The van der Waals surface area contributed by atoms with E-state index in [0.717, 1.165) is 222 Å². The molecule has 0 saturated carbocycles. The van der Waals surface area contributed by atoms with E-state index in [-0.39, 0.29) is 83.0 Å². The predicted octanol–water partition coefficient (Wildman–Crippen LogP) is 0.465. The lowest BCUT2D eigenvalue weighted by Gasteiger charge is -2.46. The fraction of sp³-hybridized carbons (Fsp3) is 0.798. The lowest BCUT2D eigenvalue weighted by Crippen LogP contribution is -2.79. The summed E-state index contributed by atoms with van der Waals surface area (Å²) in [5, 5.41) is 2.05. The number of nitrogens with zero attached hydrogens (tertiary/aromatic N) is 14. The average Bonchev–Trinajstić information content (AvgIpc) is 1.82. The second-order valence-corrected chi connectivity index (χ2v) is 35.7. The van der Waals surface area contributed by atoms with Gasteiger partial charge in [0.2, 0.25) is 53.6 Å². The van der Waals surface area contributed by atoms with Crippen LogP contribution in [0.1, 0.15) is 138 Å². The number of esters is 4. The molecule has 0 aliphatic carbocycles. The Morgan fingerprint density at radius 3 is 1.13 bits per heavy atom. The molecular weight excluding hydrogens is 1540 g/mol. The number of imidazole rings is 1. The molecule has 1 aromatic rings. The molecule has 0 bridgehead atoms. The van der Waals surface area contributed by atoms with Crippen molar-refractivity contribution >= 4 is 84.1 Å². The number of imide groups is 4. The Morgan fingerprint density at radius 2 is 0.765 bits per heavy atom. The summed E-state index contributed by atoms with van der Waals surface area (Å²) in [5.74, 6) is -1.20. The largest absolute Gasteiger partial charge is 0.468 e. The van der Waals surface area contributed by atoms with Crippen molar-refractivity contribution in [1.29, 1.82) is 0 Å². The maximum atomic E-state index is 12.0. The molecular formula is C84H157N15O20+8. The van der Waals surface area contributed by atoms with Crippen LogP contribution in [0.25, 0.3) is 0 Å². The number of aromatic nitrogens is 2. The standard InChI is InChI=1S/C20H33N4O4.C15H30N2O4.C14H27N2O4.C11H21N2O2.C8H13N2O2.C8H14N2O2.C8H18NO2/c1-16-15-19(27)23(20(16)28)9-4-12-24(2)13-10-21(11-14-24)7-3-8-22-17(25)5-6-18(22)26;1-15(19)21-13-5-7-17(3)10-8-16(2,9-11-17)6-4-12-20-14-18;1-14(18)20-12-4-8-16(2)9-6-15(7-10-16)5-3-11-19-13-17;1-9-8-10(14)12(11(9)15)6-5-7-13(2,3)4;1-8(11)12-6-5-10-4-3-9(2)7-10;1-9-5-2-6-10-7(11)3-4-8(10)12;1-8(10)11-7-5-6-9(2,3)4/h16H,3-15H2,1-2H3;14H,4-13H2,1-3H3;13H,3-12H2,1-2H3;9H,5-8H2,1-4H3;3-4,7H,5-6H2,1-2H3;9H,2-6H2,1H3;5-7H2,1-4H3/q+1;+2;3*+1;;+1/p+1. The van der Waals surface area contributed by atoms with Gasteiger partial charge in [-0.25, -0.2) is 9.13 Å². The molecule has 0 spiro atoms. The van der Waals surface area contributed by atoms with Gasteiger partial charge in [0.25, 0.3) is 12.9 Å². The molecule has 7 aliphatic rings. The molecule has 1 aromatic heterocycles. The zero-order valence-electron chi connectivity index (χ0n) is 76.3. The van der Waals surface area contributed by atoms with Gasteiger partial charge in [-0.05, 0) is 12.8 Å². The summed E-state index contributed by atoms with van der Waals surface area (Å²) in [6.45, 7) is 38.5. The first-order valence-corrected chi connectivity index (χ1v) is 43.1. The number of rotatable bonds is 41. The Kier molecular flexibility index (Phi) is 50.5. The van der Waals surface area contributed by atoms with E-state index in [4.69, 9.17) is 28.4 Å². The van der Waals surface area contributed by atoms with Crippen molar-refractivity contribution in [2.45, 2.75) is 144 Å². The SMILES string of the molecule is CC(=O)OCCC[N+](C)(C)C.CC(=O)OCCC[N+]1(C)CCN(CCCOC=O)CC1.CC(=O)OCCC[N+]1(C)CC[N+](C)(CCCOC=O)CC1.CC(=O)OCCn1cc[n+](C)c1.CC1CC(=O)N(CCC[N+](C)(C)C)C1=O.CC1CC(=O)N(CCC[N+]2(C)CCN(CCCN3C(=O)CCC3=O)CC2)C1=O.C[NH2+]CCCN1C(=O)CCC1=O. The fourth-order valence-corrected chi connectivity index (χ4v) is 14.6. The minimum Gasteiger partial charge on any atom is -0.468 e. The molecule has 35 nitrogen and oxygen atoms in total. The van der Waals surface area contributed by atoms with Crippen LogP contribution in [0.5, 0.6) is 0 Å². The van der Waals surface area contributed by atoms with Crippen molar-refractivity contribution < 1.29 is 132 Å². The molecule has 35 heteroatoms. The van der Waals surface area contributed by atoms with Gasteiger partial charge in [0.15, 0.2) is 0 Å². The van der Waals surface area contributed by atoms with Crippen LogP contribution in [-0.4, -0.2) is 426 Å². The van der Waals surface area contributed by atoms with Gasteiger partial charge in [-0.15, -0.1) is 0 Å². The van der Waals surface area contributed by atoms with Gasteiger partial charge in [0.1, 0.15) is 51.7 Å². The van der Waals surface area contributed by atoms with Crippen LogP contribution >= 0.6 is 0 Å². The number of piperazine rings is 3. The summed E-state index contributed by atoms with van der Waals surface area (Å²) >= 11 is 0. The first kappa shape index (κ1) is 107. The summed E-state index contributed by atoms with van der Waals surface area (Å²) in [4.78, 5) is 165. The second kappa shape index (κ2) is 56.0. The summed E-state index contributed by atoms with van der Waals surface area (Å²) in [6, 6.07) is 0. The number of nitrogens with two attached hydrogens (primary N) is 1. The monoisotopic (exact) mass is 1700 g/mol. The van der Waals surface area contributed by atoms with E-state index in [9.17, 15) is 67.1 Å². The number of carbonyl (C=O) groups excluding carboxylic acids is 14. The number of likely N-dealkylation sites (N-methyl/N-ethyl adjacent to an activating group) is 4. The van der Waals surface area contributed by atoms with E-state index in [1.165, 1.54) is 47.3 Å². The second-order valence-electron chi connectivity index (χ2n) is 35.7. The van der Waals surface area contributed by atoms with E-state index in [0.29, 0.717) is 124 Å². The fourth-order valence-electron chi connectivity index (χ4n) is 14.6. The number of carbonyl (C=O) groups is 14. The highest BCUT2D eigenvalue weighted by molar-refractivity contribution is 6.04. The summed E-state index contributed by atoms with van der Waals surface area (Å²) < 4.78 is 38.8. The highest BCUT2D eigenvalue weighted by Crippen LogP contribution is 2.23. The minimum atomic E-state index is -0.230. The molecule has 7 aliphatic heterocycles. The zero-order valence-corrected chi connectivity index (χ0v) is 76.3. The smallest absolute Gasteiger partial charge is 0.302 e. The highest BCUT2D eigenvalue weighted by atomic mass is 16.5. The van der Waals surface area contributed by atoms with Crippen molar-refractivity contribution in [3.05, 3.63) is 18.7 Å². The third-order valence-electron chi connectivity index (χ3n) is 22.3. The summed E-state index contributed by atoms with van der Waals surface area (Å²) in [6.07, 6.45) is 16.2. The summed E-state index contributed by atoms with van der Waals surface area (Å²) in [7, 11) is 25.7. The normalized spacial score (nSPS) is 21.0. The molecule has 2 unspecified atom stereocenters. The molecule has 0 radical (unpaired) electrons. The Balaban J connectivity index is 0.000000483. The van der Waals surface area contributed by atoms with Crippen LogP contribution in [0.3, 0.4) is 0 Å². The quantitative estimate of drug-likeness (QED) is 0.0177. The Hall–Kier alpha value is -7.77. The Bertz CT molecular complexity index is 3250. The van der Waals surface area contributed by atoms with Crippen molar-refractivity contribution in [3.63, 3.8) is 0 Å². The van der Waals surface area contributed by atoms with Gasteiger partial charge in [-0.3, -0.25) is 96.5 Å². The number of hydrogen-bond donors (Lipinski definition) is 1. The first-order valence-electron chi connectivity index (χ1n) is 43.1. The minimum absolute atomic E-state index is 0.00130. The number of amides is 8. The predicted molar refractivity (Wildman–Crippen MR) is 445 cm³/mol. The molecule has 680 valence electrons. The van der Waals surface area contributed by atoms with Crippen LogP contribution in [-0.2, 0) is 109 Å². The molecule has 2 atom stereocenters. The Labute approximate surface area is 710 Å². The molecule has 119 heavy (non-hydrogen) atoms. The third kappa shape index (κ3) is 47.3. The van der Waals surface area contributed by atoms with Crippen LogP contribution in [0.2, 0.25) is 0 Å². The van der Waals surface area contributed by atoms with Crippen molar-refractivity contribution in [1.82, 2.24) is 34.0 Å². The Morgan fingerprint density at radius 1 is 0.429 bits per heavy atom. The van der Waals surface area contributed by atoms with E-state index in [2.05, 4.69) is 80.3 Å². The zero-order chi connectivity index (χ0) is 89.4. The maximum Gasteiger partial charge on any atom is 0.302 e. The number of ether oxygens (including phenoxy) is 6. The molecule has 7 fully saturated rings. The van der Waals surface area contributed by atoms with Crippen molar-refractivity contribution in [2.75, 3.05) is 281 Å². The topological polar surface area (TPSA) is 339 Å². The number of aryl methyl sites for hydroxylation is 1. The van der Waals surface area contributed by atoms with Crippen LogP contribution < -0.4 is 9.88 Å². The van der Waals surface area contributed by atoms with E-state index < -0.39 is 0 Å². The van der Waals surface area contributed by atoms with Crippen molar-refractivity contribution in [2.24, 2.45) is 18.9 Å². The van der Waals surface area contributed by atoms with Crippen LogP contribution in [0, 0.1) is 11.8 Å². The molecule has 8 heterocycles. The van der Waals surface area contributed by atoms with Crippen LogP contribution in [0.15, 0.2) is 18.7 Å². The van der Waals surface area contributed by atoms with Gasteiger partial charge >= 0.3 is 23.9 Å². The van der Waals surface area contributed by atoms with E-state index in [1.807, 2.05) is 61.1 Å². The van der Waals surface area contributed by atoms with Gasteiger partial charge in [-0.2, -0.15) is 0 Å². The van der Waals surface area contributed by atoms with Gasteiger partial charge in [0.05, 0.1) is 190 Å². The van der Waals surface area contributed by atoms with Gasteiger partial charge < -0.3 is 60.6 Å². The molecule has 0 aromatic carbocycles. The van der Waals surface area contributed by atoms with Crippen molar-refractivity contribution in [3.8, 4) is 0 Å². The molecule has 8 rings (SSSR count). The number of quaternary nitrogens is 7. The lowest BCUT2D eigenvalue weighted by molar-refractivity contribution is -1.02. The van der Waals surface area contributed by atoms with E-state index >= 15 is 0 Å². The maximum absolute atomic E-state index is 12.0. The average molecular weight is 1700 g/mol. The first-order chi connectivity index (χ1) is 55.9. The van der Waals surface area contributed by atoms with Crippen LogP contribution in [0.4, 0.5) is 0 Å². The number of likely N-dealkylation sites (tertiary alicyclic amines) is 4. The highest BCUT2D eigenvalue weighted by Gasteiger charge is 2.40. The third-order valence-corrected chi connectivity index (χ3v) is 22.3. The van der Waals surface area contributed by atoms with E-state index in [1.54, 1.807) is 0 Å². The van der Waals surface area contributed by atoms with Gasteiger partial charge in [-0.1, -0.05) is 13.8 Å². The number of hydrogen-bond acceptors (Lipinski definition) is 22.